The van der Waals surface area contributed by atoms with Crippen molar-refractivity contribution < 1.29 is 9.21 Å². The fraction of sp³-hybridized carbons (Fsp3) is 0.643. The first kappa shape index (κ1) is 14.8. The zero-order valence-corrected chi connectivity index (χ0v) is 11.7. The first-order chi connectivity index (χ1) is 8.29. The van der Waals surface area contributed by atoms with E-state index >= 15 is 0 Å². The summed E-state index contributed by atoms with van der Waals surface area (Å²) in [7, 11) is 0. The molecule has 2 unspecified atom stereocenters. The fourth-order valence-electron chi connectivity index (χ4n) is 1.62. The summed E-state index contributed by atoms with van der Waals surface area (Å²) in [6.07, 6.45) is 2.69. The molecule has 1 aromatic heterocycles. The summed E-state index contributed by atoms with van der Waals surface area (Å²) < 4.78 is 5.25. The molecular weight excluding hydrogens is 228 g/mol. The highest BCUT2D eigenvalue weighted by atomic mass is 16.3. The van der Waals surface area contributed by atoms with Crippen LogP contribution in [0.3, 0.4) is 0 Å². The van der Waals surface area contributed by atoms with E-state index in [9.17, 15) is 4.79 Å². The van der Waals surface area contributed by atoms with Crippen molar-refractivity contribution in [3.05, 3.63) is 24.2 Å². The SMILES string of the molecule is CC(Cc1ccco1)NC(=O)CC(N)C(C)(C)C. The minimum Gasteiger partial charge on any atom is -0.469 e. The molecule has 102 valence electrons. The maximum absolute atomic E-state index is 11.8. The highest BCUT2D eigenvalue weighted by Crippen LogP contribution is 2.19. The van der Waals surface area contributed by atoms with E-state index < -0.39 is 0 Å². The van der Waals surface area contributed by atoms with Crippen LogP contribution in [0.15, 0.2) is 22.8 Å². The summed E-state index contributed by atoms with van der Waals surface area (Å²) in [5.74, 6) is 0.874. The molecule has 3 N–H and O–H groups in total. The van der Waals surface area contributed by atoms with Gasteiger partial charge in [0.15, 0.2) is 0 Å². The normalized spacial score (nSPS) is 15.2. The zero-order chi connectivity index (χ0) is 13.8. The van der Waals surface area contributed by atoms with E-state index in [1.54, 1.807) is 6.26 Å². The summed E-state index contributed by atoms with van der Waals surface area (Å²) in [5.41, 5.74) is 5.93. The molecule has 0 aliphatic heterocycles. The molecule has 4 heteroatoms. The molecule has 1 aromatic rings. The fourth-order valence-corrected chi connectivity index (χ4v) is 1.62. The zero-order valence-electron chi connectivity index (χ0n) is 11.7. The molecule has 0 aliphatic rings. The summed E-state index contributed by atoms with van der Waals surface area (Å²) in [5, 5.41) is 2.94. The van der Waals surface area contributed by atoms with Gasteiger partial charge in [0.25, 0.3) is 0 Å². The van der Waals surface area contributed by atoms with E-state index in [-0.39, 0.29) is 23.4 Å². The third-order valence-corrected chi connectivity index (χ3v) is 3.01. The molecule has 1 amide bonds. The third-order valence-electron chi connectivity index (χ3n) is 3.01. The number of carbonyl (C=O) groups is 1. The van der Waals surface area contributed by atoms with Gasteiger partial charge in [0.1, 0.15) is 5.76 Å². The molecule has 0 fully saturated rings. The number of hydrogen-bond acceptors (Lipinski definition) is 3. The molecule has 0 aliphatic carbocycles. The van der Waals surface area contributed by atoms with Gasteiger partial charge in [-0.1, -0.05) is 20.8 Å². The van der Waals surface area contributed by atoms with Gasteiger partial charge in [0, 0.05) is 24.9 Å². The van der Waals surface area contributed by atoms with Crippen LogP contribution in [0, 0.1) is 5.41 Å². The Labute approximate surface area is 109 Å². The lowest BCUT2D eigenvalue weighted by molar-refractivity contribution is -0.122. The van der Waals surface area contributed by atoms with Crippen molar-refractivity contribution in [3.63, 3.8) is 0 Å². The van der Waals surface area contributed by atoms with Crippen molar-refractivity contribution in [2.24, 2.45) is 11.1 Å². The molecule has 4 nitrogen and oxygen atoms in total. The van der Waals surface area contributed by atoms with Crippen LogP contribution >= 0.6 is 0 Å². The predicted octanol–water partition coefficient (Wildman–Crippen LogP) is 2.09. The van der Waals surface area contributed by atoms with Gasteiger partial charge in [0.05, 0.1) is 6.26 Å². The standard InChI is InChI=1S/C14H24N2O2/c1-10(8-11-6-5-7-18-11)16-13(17)9-12(15)14(2,3)4/h5-7,10,12H,8-9,15H2,1-4H3,(H,16,17). The quantitative estimate of drug-likeness (QED) is 0.843. The molecule has 1 rings (SSSR count). The highest BCUT2D eigenvalue weighted by molar-refractivity contribution is 5.76. The summed E-state index contributed by atoms with van der Waals surface area (Å²) >= 11 is 0. The number of rotatable bonds is 5. The molecule has 0 saturated carbocycles. The largest absolute Gasteiger partial charge is 0.469 e. The summed E-state index contributed by atoms with van der Waals surface area (Å²) in [6, 6.07) is 3.67. The maximum atomic E-state index is 11.8. The average Bonchev–Trinajstić information content (AvgIpc) is 2.67. The molecule has 0 bridgehead atoms. The second kappa shape index (κ2) is 6.05. The van der Waals surface area contributed by atoms with Gasteiger partial charge in [-0.2, -0.15) is 0 Å². The van der Waals surface area contributed by atoms with E-state index in [2.05, 4.69) is 5.32 Å². The first-order valence-corrected chi connectivity index (χ1v) is 6.36. The average molecular weight is 252 g/mol. The minimum absolute atomic E-state index is 0.00326. The van der Waals surface area contributed by atoms with Crippen LogP contribution in [0.1, 0.15) is 39.9 Å². The van der Waals surface area contributed by atoms with Gasteiger partial charge in [0.2, 0.25) is 5.91 Å². The van der Waals surface area contributed by atoms with Gasteiger partial charge >= 0.3 is 0 Å². The van der Waals surface area contributed by atoms with Crippen molar-refractivity contribution in [1.82, 2.24) is 5.32 Å². The molecular formula is C14H24N2O2. The smallest absolute Gasteiger partial charge is 0.221 e. The van der Waals surface area contributed by atoms with E-state index in [1.807, 2.05) is 39.8 Å². The first-order valence-electron chi connectivity index (χ1n) is 6.36. The van der Waals surface area contributed by atoms with Crippen molar-refractivity contribution in [1.29, 1.82) is 0 Å². The Bertz CT molecular complexity index is 366. The summed E-state index contributed by atoms with van der Waals surface area (Å²) in [4.78, 5) is 11.8. The lowest BCUT2D eigenvalue weighted by Crippen LogP contribution is -2.42. The number of hydrogen-bond donors (Lipinski definition) is 2. The number of nitrogens with two attached hydrogens (primary N) is 1. The lowest BCUT2D eigenvalue weighted by Gasteiger charge is -2.27. The number of furan rings is 1. The Morgan fingerprint density at radius 2 is 2.17 bits per heavy atom. The van der Waals surface area contributed by atoms with E-state index in [4.69, 9.17) is 10.2 Å². The number of amides is 1. The van der Waals surface area contributed by atoms with E-state index in [1.165, 1.54) is 0 Å². The molecule has 0 radical (unpaired) electrons. The molecule has 0 saturated heterocycles. The van der Waals surface area contributed by atoms with Gasteiger partial charge < -0.3 is 15.5 Å². The minimum atomic E-state index is -0.131. The maximum Gasteiger partial charge on any atom is 0.221 e. The molecule has 18 heavy (non-hydrogen) atoms. The number of nitrogens with one attached hydrogen (secondary N) is 1. The van der Waals surface area contributed by atoms with Crippen molar-refractivity contribution >= 4 is 5.91 Å². The Morgan fingerprint density at radius 3 is 2.67 bits per heavy atom. The van der Waals surface area contributed by atoms with Crippen LogP contribution in [-0.4, -0.2) is 18.0 Å². The van der Waals surface area contributed by atoms with Gasteiger partial charge in [-0.05, 0) is 24.5 Å². The van der Waals surface area contributed by atoms with Gasteiger partial charge in [-0.3, -0.25) is 4.79 Å². The van der Waals surface area contributed by atoms with Crippen LogP contribution in [0.2, 0.25) is 0 Å². The van der Waals surface area contributed by atoms with Crippen LogP contribution < -0.4 is 11.1 Å². The van der Waals surface area contributed by atoms with Crippen LogP contribution in [-0.2, 0) is 11.2 Å². The predicted molar refractivity (Wildman–Crippen MR) is 72.1 cm³/mol. The van der Waals surface area contributed by atoms with Crippen LogP contribution in [0.4, 0.5) is 0 Å². The molecule has 2 atom stereocenters. The Hall–Kier alpha value is -1.29. The highest BCUT2D eigenvalue weighted by Gasteiger charge is 2.23. The topological polar surface area (TPSA) is 68.3 Å². The molecule has 0 spiro atoms. The van der Waals surface area contributed by atoms with Gasteiger partial charge in [-0.15, -0.1) is 0 Å². The van der Waals surface area contributed by atoms with E-state index in [0.29, 0.717) is 12.8 Å². The Balaban J connectivity index is 2.36. The second-order valence-electron chi connectivity index (χ2n) is 5.93. The monoisotopic (exact) mass is 252 g/mol. The number of carbonyl (C=O) groups excluding carboxylic acids is 1. The van der Waals surface area contributed by atoms with Crippen LogP contribution in [0.5, 0.6) is 0 Å². The molecule has 1 heterocycles. The second-order valence-corrected chi connectivity index (χ2v) is 5.93. The lowest BCUT2D eigenvalue weighted by atomic mass is 9.85. The molecule has 0 aromatic carbocycles. The van der Waals surface area contributed by atoms with Crippen molar-refractivity contribution in [2.45, 2.75) is 52.6 Å². The van der Waals surface area contributed by atoms with Crippen molar-refractivity contribution in [3.8, 4) is 0 Å². The van der Waals surface area contributed by atoms with Gasteiger partial charge in [-0.25, -0.2) is 0 Å². The third kappa shape index (κ3) is 4.92. The Morgan fingerprint density at radius 1 is 1.50 bits per heavy atom. The van der Waals surface area contributed by atoms with Crippen molar-refractivity contribution in [2.75, 3.05) is 0 Å². The van der Waals surface area contributed by atoms with E-state index in [0.717, 1.165) is 5.76 Å². The Kier molecular flexibility index (Phi) is 4.96. The summed E-state index contributed by atoms with van der Waals surface area (Å²) in [6.45, 7) is 8.08. The van der Waals surface area contributed by atoms with Crippen LogP contribution in [0.25, 0.3) is 0 Å².